The summed E-state index contributed by atoms with van der Waals surface area (Å²) in [6.45, 7) is 5.87. The second-order valence-corrected chi connectivity index (χ2v) is 5.54. The minimum Gasteiger partial charge on any atom is -0.465 e. The fourth-order valence-electron chi connectivity index (χ4n) is 1.40. The highest BCUT2D eigenvalue weighted by Gasteiger charge is 2.29. The molecule has 4 nitrogen and oxygen atoms in total. The molecule has 0 aliphatic rings. The fraction of sp³-hybridized carbons (Fsp3) is 0.455. The van der Waals surface area contributed by atoms with Gasteiger partial charge in [-0.2, -0.15) is 5.26 Å². The highest BCUT2D eigenvalue weighted by Crippen LogP contribution is 2.35. The van der Waals surface area contributed by atoms with Crippen LogP contribution in [0.1, 0.15) is 37.3 Å². The fourth-order valence-corrected chi connectivity index (χ4v) is 2.53. The molecule has 16 heavy (non-hydrogen) atoms. The molecule has 5 heteroatoms. The molecule has 0 radical (unpaired) electrons. The van der Waals surface area contributed by atoms with E-state index in [1.54, 1.807) is 11.4 Å². The predicted molar refractivity (Wildman–Crippen MR) is 62.4 cm³/mol. The van der Waals surface area contributed by atoms with Crippen LogP contribution in [-0.4, -0.2) is 11.2 Å². The Kier molecular flexibility index (Phi) is 3.55. The lowest BCUT2D eigenvalue weighted by atomic mass is 9.86. The molecule has 0 fully saturated rings. The van der Waals surface area contributed by atoms with Gasteiger partial charge in [-0.1, -0.05) is 20.8 Å². The molecule has 0 aliphatic heterocycles. The lowest BCUT2D eigenvalue weighted by Crippen LogP contribution is -2.35. The minimum atomic E-state index is -1.05. The normalized spacial score (nSPS) is 12.9. The molecule has 1 heterocycles. The van der Waals surface area contributed by atoms with Crippen LogP contribution in [0.15, 0.2) is 11.4 Å². The van der Waals surface area contributed by atoms with Gasteiger partial charge in [0.15, 0.2) is 0 Å². The lowest BCUT2D eigenvalue weighted by Gasteiger charge is -2.29. The summed E-state index contributed by atoms with van der Waals surface area (Å²) in [7, 11) is 0. The van der Waals surface area contributed by atoms with Crippen LogP contribution in [0.4, 0.5) is 4.79 Å². The van der Waals surface area contributed by atoms with Crippen molar-refractivity contribution in [3.05, 3.63) is 21.9 Å². The molecule has 1 rings (SSSR count). The summed E-state index contributed by atoms with van der Waals surface area (Å²) in [6.07, 6.45) is -1.05. The van der Waals surface area contributed by atoms with Gasteiger partial charge in [0.05, 0.1) is 11.6 Å². The summed E-state index contributed by atoms with van der Waals surface area (Å²) in [4.78, 5) is 11.6. The number of rotatable bonds is 2. The van der Waals surface area contributed by atoms with E-state index in [4.69, 9.17) is 10.4 Å². The van der Waals surface area contributed by atoms with E-state index in [-0.39, 0.29) is 11.5 Å². The second-order valence-electron chi connectivity index (χ2n) is 4.60. The highest BCUT2D eigenvalue weighted by atomic mass is 32.1. The van der Waals surface area contributed by atoms with E-state index in [2.05, 4.69) is 5.32 Å². The van der Waals surface area contributed by atoms with E-state index in [9.17, 15) is 4.79 Å². The number of hydrogen-bond acceptors (Lipinski definition) is 3. The maximum Gasteiger partial charge on any atom is 0.405 e. The van der Waals surface area contributed by atoms with Crippen LogP contribution >= 0.6 is 11.3 Å². The van der Waals surface area contributed by atoms with Crippen LogP contribution in [0.25, 0.3) is 0 Å². The van der Waals surface area contributed by atoms with Crippen molar-refractivity contribution < 1.29 is 9.90 Å². The smallest absolute Gasteiger partial charge is 0.405 e. The maximum atomic E-state index is 10.7. The third kappa shape index (κ3) is 2.97. The van der Waals surface area contributed by atoms with Gasteiger partial charge in [0.2, 0.25) is 0 Å². The molecule has 86 valence electrons. The van der Waals surface area contributed by atoms with Gasteiger partial charge < -0.3 is 10.4 Å². The van der Waals surface area contributed by atoms with Gasteiger partial charge in [-0.15, -0.1) is 11.3 Å². The summed E-state index contributed by atoms with van der Waals surface area (Å²) in [6, 6.07) is 3.48. The van der Waals surface area contributed by atoms with Crippen molar-refractivity contribution in [3.8, 4) is 6.07 Å². The predicted octanol–water partition coefficient (Wildman–Crippen LogP) is 2.97. The van der Waals surface area contributed by atoms with E-state index < -0.39 is 6.09 Å². The van der Waals surface area contributed by atoms with E-state index >= 15 is 0 Å². The van der Waals surface area contributed by atoms with Crippen molar-refractivity contribution in [1.82, 2.24) is 5.32 Å². The van der Waals surface area contributed by atoms with Gasteiger partial charge in [-0.25, -0.2) is 4.79 Å². The van der Waals surface area contributed by atoms with Crippen molar-refractivity contribution in [2.24, 2.45) is 5.41 Å². The molecule has 0 aliphatic carbocycles. The van der Waals surface area contributed by atoms with Gasteiger partial charge >= 0.3 is 6.09 Å². The van der Waals surface area contributed by atoms with Crippen LogP contribution in [-0.2, 0) is 0 Å². The zero-order chi connectivity index (χ0) is 12.3. The topological polar surface area (TPSA) is 73.1 Å². The molecule has 2 N–H and O–H groups in total. The van der Waals surface area contributed by atoms with Crippen molar-refractivity contribution in [2.75, 3.05) is 0 Å². The van der Waals surface area contributed by atoms with Gasteiger partial charge in [0.25, 0.3) is 0 Å². The third-order valence-electron chi connectivity index (χ3n) is 2.17. The standard InChI is InChI=1S/C11H14N2O2S/c1-11(2,3)9(13-10(14)15)8-4-7(5-12)6-16-8/h4,6,9,13H,1-3H3,(H,14,15). The van der Waals surface area contributed by atoms with E-state index in [1.165, 1.54) is 11.3 Å². The number of nitriles is 1. The molecular weight excluding hydrogens is 224 g/mol. The molecule has 1 aromatic heterocycles. The lowest BCUT2D eigenvalue weighted by molar-refractivity contribution is 0.175. The van der Waals surface area contributed by atoms with Crippen LogP contribution in [0.2, 0.25) is 0 Å². The number of carboxylic acid groups (broad SMARTS) is 1. The van der Waals surface area contributed by atoms with E-state index in [0.29, 0.717) is 5.56 Å². The van der Waals surface area contributed by atoms with Gasteiger partial charge in [-0.3, -0.25) is 0 Å². The molecule has 1 aromatic rings. The molecule has 1 unspecified atom stereocenters. The van der Waals surface area contributed by atoms with Crippen LogP contribution in [0.5, 0.6) is 0 Å². The summed E-state index contributed by atoms with van der Waals surface area (Å²) in [5.41, 5.74) is 0.345. The first kappa shape index (κ1) is 12.5. The first-order chi connectivity index (χ1) is 7.34. The third-order valence-corrected chi connectivity index (χ3v) is 3.16. The zero-order valence-electron chi connectivity index (χ0n) is 9.44. The Morgan fingerprint density at radius 2 is 2.25 bits per heavy atom. The molecule has 1 atom stereocenters. The van der Waals surface area contributed by atoms with Crippen molar-refractivity contribution in [2.45, 2.75) is 26.8 Å². The molecule has 0 spiro atoms. The van der Waals surface area contributed by atoms with E-state index in [0.717, 1.165) is 4.88 Å². The van der Waals surface area contributed by atoms with Crippen LogP contribution in [0.3, 0.4) is 0 Å². The molecular formula is C11H14N2O2S. The monoisotopic (exact) mass is 238 g/mol. The number of nitrogens with one attached hydrogen (secondary N) is 1. The average molecular weight is 238 g/mol. The first-order valence-electron chi connectivity index (χ1n) is 4.82. The average Bonchev–Trinajstić information content (AvgIpc) is 2.60. The van der Waals surface area contributed by atoms with Crippen LogP contribution in [0, 0.1) is 16.7 Å². The Bertz CT molecular complexity index is 426. The molecule has 0 bridgehead atoms. The zero-order valence-corrected chi connectivity index (χ0v) is 10.3. The minimum absolute atomic E-state index is 0.226. The Labute approximate surface area is 98.5 Å². The van der Waals surface area contributed by atoms with Crippen molar-refractivity contribution in [1.29, 1.82) is 5.26 Å². The number of nitrogens with zero attached hydrogens (tertiary/aromatic N) is 1. The second kappa shape index (κ2) is 4.54. The van der Waals surface area contributed by atoms with Gasteiger partial charge in [0, 0.05) is 10.3 Å². The largest absolute Gasteiger partial charge is 0.465 e. The quantitative estimate of drug-likeness (QED) is 0.831. The Morgan fingerprint density at radius 3 is 2.62 bits per heavy atom. The molecule has 0 saturated heterocycles. The summed E-state index contributed by atoms with van der Waals surface area (Å²) in [5.74, 6) is 0. The van der Waals surface area contributed by atoms with E-state index in [1.807, 2.05) is 26.8 Å². The highest BCUT2D eigenvalue weighted by molar-refractivity contribution is 7.10. The Hall–Kier alpha value is -1.54. The maximum absolute atomic E-state index is 10.7. The van der Waals surface area contributed by atoms with Gasteiger partial charge in [0.1, 0.15) is 6.07 Å². The number of carbonyl (C=O) groups is 1. The van der Waals surface area contributed by atoms with Crippen molar-refractivity contribution >= 4 is 17.4 Å². The van der Waals surface area contributed by atoms with Gasteiger partial charge in [-0.05, 0) is 11.5 Å². The molecule has 1 amide bonds. The molecule has 0 aromatic carbocycles. The number of amides is 1. The van der Waals surface area contributed by atoms with Crippen LogP contribution < -0.4 is 5.32 Å². The number of thiophene rings is 1. The number of hydrogen-bond donors (Lipinski definition) is 2. The Balaban J connectivity index is 3.02. The first-order valence-corrected chi connectivity index (χ1v) is 5.70. The SMILES string of the molecule is CC(C)(C)C(NC(=O)O)c1cc(C#N)cs1. The molecule has 0 saturated carbocycles. The summed E-state index contributed by atoms with van der Waals surface area (Å²) >= 11 is 1.40. The Morgan fingerprint density at radius 1 is 1.62 bits per heavy atom. The summed E-state index contributed by atoms with van der Waals surface area (Å²) < 4.78 is 0. The van der Waals surface area contributed by atoms with Crippen molar-refractivity contribution in [3.63, 3.8) is 0 Å². The summed E-state index contributed by atoms with van der Waals surface area (Å²) in [5, 5.41) is 21.8.